The standard InChI is InChI=1S/C26H37NO.C2H6/c1-8-26(6,7)16-14-23-22-11-9-10-21(18(2)3)25(22)28-24(23)20(5)13-12-19(4)15-17-27;1-2/h9-12,14-15,17-18H,8,13,16,27H2,1-7H3;1-2H3/b17-15-,19-12-,23-14-,24-20-;. The summed E-state index contributed by atoms with van der Waals surface area (Å²) in [7, 11) is 0. The van der Waals surface area contributed by atoms with E-state index in [2.05, 4.69) is 78.8 Å². The van der Waals surface area contributed by atoms with E-state index in [9.17, 15) is 0 Å². The predicted molar refractivity (Wildman–Crippen MR) is 135 cm³/mol. The SMILES string of the molecule is CC.CCC(C)(C)C/C=c1\c(=C(/C)C/C=C(C)\C=C/N)oc2c(C(C)C)cccc12. The lowest BCUT2D eigenvalue weighted by molar-refractivity contribution is 0.366. The number of rotatable bonds is 7. The predicted octanol–water partition coefficient (Wildman–Crippen LogP) is 7.17. The second-order valence-electron chi connectivity index (χ2n) is 8.94. The van der Waals surface area contributed by atoms with Crippen molar-refractivity contribution in [2.75, 3.05) is 0 Å². The largest absolute Gasteiger partial charge is 0.456 e. The maximum absolute atomic E-state index is 6.50. The van der Waals surface area contributed by atoms with Crippen LogP contribution in [0.1, 0.15) is 93.1 Å². The highest BCUT2D eigenvalue weighted by molar-refractivity contribution is 5.83. The fraction of sp³-hybridized carbons (Fsp3) is 0.500. The molecule has 0 aliphatic carbocycles. The van der Waals surface area contributed by atoms with Gasteiger partial charge in [-0.2, -0.15) is 0 Å². The van der Waals surface area contributed by atoms with Gasteiger partial charge < -0.3 is 10.2 Å². The first-order valence-electron chi connectivity index (χ1n) is 11.5. The van der Waals surface area contributed by atoms with Gasteiger partial charge in [0.2, 0.25) is 0 Å². The van der Waals surface area contributed by atoms with E-state index < -0.39 is 0 Å². The monoisotopic (exact) mass is 409 g/mol. The Hall–Kier alpha value is -2.22. The van der Waals surface area contributed by atoms with Crippen molar-refractivity contribution in [3.05, 3.63) is 58.3 Å². The van der Waals surface area contributed by atoms with Crippen LogP contribution in [0.3, 0.4) is 0 Å². The van der Waals surface area contributed by atoms with Gasteiger partial charge in [-0.3, -0.25) is 0 Å². The molecule has 0 unspecified atom stereocenters. The van der Waals surface area contributed by atoms with Crippen LogP contribution in [0, 0.1) is 5.41 Å². The van der Waals surface area contributed by atoms with E-state index in [4.69, 9.17) is 10.2 Å². The summed E-state index contributed by atoms with van der Waals surface area (Å²) in [5.41, 5.74) is 11.5. The first-order chi connectivity index (χ1) is 14.2. The van der Waals surface area contributed by atoms with Crippen LogP contribution in [0.25, 0.3) is 22.6 Å². The number of allylic oxidation sites excluding steroid dienone is 3. The summed E-state index contributed by atoms with van der Waals surface area (Å²) >= 11 is 0. The van der Waals surface area contributed by atoms with Gasteiger partial charge in [-0.15, -0.1) is 0 Å². The molecule has 0 fully saturated rings. The lowest BCUT2D eigenvalue weighted by atomic mass is 9.86. The quantitative estimate of drug-likeness (QED) is 0.492. The first-order valence-corrected chi connectivity index (χ1v) is 11.5. The average molecular weight is 410 g/mol. The van der Waals surface area contributed by atoms with Crippen LogP contribution in [-0.4, -0.2) is 0 Å². The molecule has 1 aromatic carbocycles. The van der Waals surface area contributed by atoms with E-state index in [0.717, 1.165) is 30.3 Å². The Kier molecular flexibility index (Phi) is 10.2. The van der Waals surface area contributed by atoms with Crippen LogP contribution in [0.2, 0.25) is 0 Å². The van der Waals surface area contributed by atoms with Gasteiger partial charge in [-0.05, 0) is 61.4 Å². The molecule has 2 nitrogen and oxygen atoms in total. The molecule has 0 atom stereocenters. The number of nitrogens with two attached hydrogens (primary N) is 1. The van der Waals surface area contributed by atoms with E-state index in [1.807, 2.05) is 19.9 Å². The molecule has 0 saturated carbocycles. The molecule has 166 valence electrons. The molecule has 2 N–H and O–H groups in total. The number of hydrogen-bond acceptors (Lipinski definition) is 2. The summed E-state index contributed by atoms with van der Waals surface area (Å²) in [4.78, 5) is 0. The molecule has 2 aromatic rings. The maximum atomic E-state index is 6.50. The molecule has 1 heterocycles. The van der Waals surface area contributed by atoms with E-state index in [1.165, 1.54) is 27.3 Å². The number of fused-ring (bicyclic) bond motifs is 1. The fourth-order valence-corrected chi connectivity index (χ4v) is 3.28. The fourth-order valence-electron chi connectivity index (χ4n) is 3.28. The minimum atomic E-state index is 0.285. The molecule has 0 bridgehead atoms. The Morgan fingerprint density at radius 2 is 1.83 bits per heavy atom. The van der Waals surface area contributed by atoms with Crippen molar-refractivity contribution in [1.29, 1.82) is 0 Å². The van der Waals surface area contributed by atoms with Crippen molar-refractivity contribution >= 4 is 22.6 Å². The van der Waals surface area contributed by atoms with E-state index in [0.29, 0.717) is 5.92 Å². The van der Waals surface area contributed by atoms with E-state index >= 15 is 0 Å². The molecule has 0 aliphatic heterocycles. The summed E-state index contributed by atoms with van der Waals surface area (Å²) in [6.07, 6.45) is 11.1. The third kappa shape index (κ3) is 6.65. The molecule has 0 amide bonds. The van der Waals surface area contributed by atoms with Crippen LogP contribution in [0.4, 0.5) is 0 Å². The summed E-state index contributed by atoms with van der Waals surface area (Å²) in [5.74, 6) is 0.430. The number of benzene rings is 1. The Morgan fingerprint density at radius 1 is 1.17 bits per heavy atom. The minimum absolute atomic E-state index is 0.285. The van der Waals surface area contributed by atoms with Crippen LogP contribution in [0.5, 0.6) is 0 Å². The molecule has 1 aromatic heterocycles. The number of para-hydroxylation sites is 1. The van der Waals surface area contributed by atoms with Crippen LogP contribution < -0.4 is 16.4 Å². The minimum Gasteiger partial charge on any atom is -0.456 e. The van der Waals surface area contributed by atoms with Gasteiger partial charge in [-0.25, -0.2) is 0 Å². The molecular weight excluding hydrogens is 366 g/mol. The topological polar surface area (TPSA) is 39.2 Å². The highest BCUT2D eigenvalue weighted by atomic mass is 16.3. The molecule has 0 saturated heterocycles. The molecule has 0 spiro atoms. The Bertz CT molecular complexity index is 984. The van der Waals surface area contributed by atoms with Crippen LogP contribution in [-0.2, 0) is 0 Å². The molecule has 0 aliphatic rings. The third-order valence-electron chi connectivity index (χ3n) is 5.70. The zero-order valence-corrected chi connectivity index (χ0v) is 20.7. The summed E-state index contributed by atoms with van der Waals surface area (Å²) < 4.78 is 6.50. The van der Waals surface area contributed by atoms with E-state index in [1.54, 1.807) is 6.20 Å². The maximum Gasteiger partial charge on any atom is 0.138 e. The van der Waals surface area contributed by atoms with Crippen molar-refractivity contribution in [3.63, 3.8) is 0 Å². The van der Waals surface area contributed by atoms with Gasteiger partial charge in [0.25, 0.3) is 0 Å². The second-order valence-corrected chi connectivity index (χ2v) is 8.94. The molecular formula is C28H43NO. The molecule has 2 heteroatoms. The van der Waals surface area contributed by atoms with Gasteiger partial charge in [0.1, 0.15) is 11.0 Å². The van der Waals surface area contributed by atoms with E-state index in [-0.39, 0.29) is 5.41 Å². The number of hydrogen-bond donors (Lipinski definition) is 1. The molecule has 30 heavy (non-hydrogen) atoms. The van der Waals surface area contributed by atoms with Crippen molar-refractivity contribution in [2.45, 2.75) is 87.5 Å². The van der Waals surface area contributed by atoms with Gasteiger partial charge in [-0.1, -0.05) is 90.8 Å². The lowest BCUT2D eigenvalue weighted by Crippen LogP contribution is -2.23. The average Bonchev–Trinajstić information content (AvgIpc) is 3.11. The van der Waals surface area contributed by atoms with Crippen molar-refractivity contribution in [2.24, 2.45) is 11.1 Å². The summed E-state index contributed by atoms with van der Waals surface area (Å²) in [6, 6.07) is 6.54. The normalized spacial score (nSPS) is 14.5. The zero-order valence-electron chi connectivity index (χ0n) is 20.7. The van der Waals surface area contributed by atoms with Gasteiger partial charge in [0.05, 0.1) is 0 Å². The summed E-state index contributed by atoms with van der Waals surface area (Å²) in [5, 5.41) is 2.48. The highest BCUT2D eigenvalue weighted by Gasteiger charge is 2.15. The zero-order chi connectivity index (χ0) is 22.9. The lowest BCUT2D eigenvalue weighted by Gasteiger charge is -2.19. The Morgan fingerprint density at radius 3 is 2.40 bits per heavy atom. The van der Waals surface area contributed by atoms with Gasteiger partial charge in [0.15, 0.2) is 0 Å². The Balaban J connectivity index is 0.00000218. The second kappa shape index (κ2) is 11.8. The van der Waals surface area contributed by atoms with Crippen LogP contribution in [0.15, 0.2) is 46.5 Å². The van der Waals surface area contributed by atoms with Crippen molar-refractivity contribution < 1.29 is 4.42 Å². The Labute approximate surface area is 184 Å². The van der Waals surface area contributed by atoms with Gasteiger partial charge in [0, 0.05) is 10.6 Å². The van der Waals surface area contributed by atoms with Crippen molar-refractivity contribution in [1.82, 2.24) is 0 Å². The van der Waals surface area contributed by atoms with Crippen molar-refractivity contribution in [3.8, 4) is 0 Å². The number of furan rings is 1. The highest BCUT2D eigenvalue weighted by Crippen LogP contribution is 2.26. The molecule has 0 radical (unpaired) electrons. The van der Waals surface area contributed by atoms with Crippen LogP contribution >= 0.6 is 0 Å². The smallest absolute Gasteiger partial charge is 0.138 e. The van der Waals surface area contributed by atoms with Gasteiger partial charge >= 0.3 is 0 Å². The first kappa shape index (κ1) is 25.8. The molecule has 2 rings (SSSR count). The summed E-state index contributed by atoms with van der Waals surface area (Å²) in [6.45, 7) is 19.6. The third-order valence-corrected chi connectivity index (χ3v) is 5.70.